The Kier molecular flexibility index (Phi) is 63.6. The van der Waals surface area contributed by atoms with E-state index in [2.05, 4.69) is 19.6 Å². The SMILES string of the molecule is C.C.[S]=[Mo]=[S]. The van der Waals surface area contributed by atoms with Crippen LogP contribution in [0.25, 0.3) is 0 Å². The predicted molar refractivity (Wildman–Crippen MR) is 28.6 cm³/mol. The maximum absolute atomic E-state index is 4.34. The second-order valence-corrected chi connectivity index (χ2v) is 3.62. The Morgan fingerprint density at radius 1 is 1.00 bits per heavy atom. The van der Waals surface area contributed by atoms with Crippen molar-refractivity contribution < 1.29 is 14.9 Å². The van der Waals surface area contributed by atoms with E-state index in [0.717, 1.165) is 0 Å². The fourth-order valence-electron chi connectivity index (χ4n) is 0. The van der Waals surface area contributed by atoms with E-state index >= 15 is 0 Å². The Hall–Kier alpha value is 1.13. The molecule has 0 saturated heterocycles. The molecule has 0 heterocycles. The van der Waals surface area contributed by atoms with Crippen LogP contribution in [-0.4, -0.2) is 0 Å². The van der Waals surface area contributed by atoms with Crippen molar-refractivity contribution in [3.05, 3.63) is 0 Å². The molecule has 5 heavy (non-hydrogen) atoms. The average Bonchev–Trinajstić information content (AvgIpc) is 0.918. The summed E-state index contributed by atoms with van der Waals surface area (Å²) in [6, 6.07) is 0. The molecule has 0 aliphatic rings. The molecule has 0 spiro atoms. The third-order valence-corrected chi connectivity index (χ3v) is 0. The Bertz CT molecular complexity index is 28.6. The first-order valence-electron chi connectivity index (χ1n) is 0.333. The summed E-state index contributed by atoms with van der Waals surface area (Å²) in [6.07, 6.45) is 0. The normalized spacial score (nSPS) is 2.40. The van der Waals surface area contributed by atoms with Crippen LogP contribution in [0.5, 0.6) is 0 Å². The molecule has 0 rings (SSSR count). The van der Waals surface area contributed by atoms with Crippen LogP contribution < -0.4 is 0 Å². The number of hydrogen-bond donors (Lipinski definition) is 0. The summed E-state index contributed by atoms with van der Waals surface area (Å²) in [5.41, 5.74) is 0. The zero-order valence-corrected chi connectivity index (χ0v) is 4.86. The van der Waals surface area contributed by atoms with Gasteiger partial charge in [0.25, 0.3) is 0 Å². The molecule has 34 valence electrons. The Labute approximate surface area is 49.4 Å². The van der Waals surface area contributed by atoms with Crippen LogP contribution in [0.15, 0.2) is 0 Å². The van der Waals surface area contributed by atoms with Crippen LogP contribution in [0.4, 0.5) is 0 Å². The predicted octanol–water partition coefficient (Wildman–Crippen LogP) is 2.57. The van der Waals surface area contributed by atoms with Crippen molar-refractivity contribution in [1.29, 1.82) is 0 Å². The van der Waals surface area contributed by atoms with E-state index in [1.54, 1.807) is 0 Å². The molecular weight excluding hydrogens is 184 g/mol. The van der Waals surface area contributed by atoms with Gasteiger partial charge in [-0.15, -0.1) is 0 Å². The summed E-state index contributed by atoms with van der Waals surface area (Å²) < 4.78 is 0. The zero-order valence-electron chi connectivity index (χ0n) is 1.22. The van der Waals surface area contributed by atoms with Gasteiger partial charge in [-0.1, -0.05) is 14.9 Å². The summed E-state index contributed by atoms with van der Waals surface area (Å²) in [5, 5.41) is 0. The molecule has 0 aromatic heterocycles. The van der Waals surface area contributed by atoms with Gasteiger partial charge in [0.1, 0.15) is 0 Å². The first-order valence-corrected chi connectivity index (χ1v) is 5.92. The van der Waals surface area contributed by atoms with Crippen LogP contribution in [0, 0.1) is 0 Å². The standard InChI is InChI=1S/2CH4.Mo.2S/h2*1H4;;;. The molecule has 0 amide bonds. The summed E-state index contributed by atoms with van der Waals surface area (Å²) in [5.74, 6) is 0. The molecule has 3 heteroatoms. The molecule has 0 aromatic carbocycles. The van der Waals surface area contributed by atoms with Crippen molar-refractivity contribution in [2.24, 2.45) is 0 Å². The number of rotatable bonds is 0. The Balaban J connectivity index is -0.0000000200. The van der Waals surface area contributed by atoms with Crippen molar-refractivity contribution in [3.63, 3.8) is 0 Å². The molecule has 0 fully saturated rings. The topological polar surface area (TPSA) is 0 Å². The molecule has 0 aliphatic heterocycles. The molecule has 0 unspecified atom stereocenters. The van der Waals surface area contributed by atoms with Gasteiger partial charge in [0.2, 0.25) is 0 Å². The van der Waals surface area contributed by atoms with Crippen LogP contribution in [0.3, 0.4) is 0 Å². The summed E-state index contributed by atoms with van der Waals surface area (Å²) in [7, 11) is 8.68. The molecule has 0 N–H and O–H groups in total. The molecule has 0 aromatic rings. The molecular formula is C2H8MoS2. The first-order chi connectivity index (χ1) is 1.41. The number of hydrogen-bond acceptors (Lipinski definition) is 2. The van der Waals surface area contributed by atoms with Gasteiger partial charge in [0, 0.05) is 0 Å². The van der Waals surface area contributed by atoms with Crippen molar-refractivity contribution in [1.82, 2.24) is 0 Å². The first kappa shape index (κ1) is 16.5. The summed E-state index contributed by atoms with van der Waals surface area (Å²) in [6.45, 7) is 0. The minimum atomic E-state index is -0.363. The Morgan fingerprint density at radius 3 is 1.00 bits per heavy atom. The molecule has 0 atom stereocenters. The summed E-state index contributed by atoms with van der Waals surface area (Å²) in [4.78, 5) is 0. The molecule has 0 saturated carbocycles. The van der Waals surface area contributed by atoms with Gasteiger partial charge in [-0.3, -0.25) is 0 Å². The van der Waals surface area contributed by atoms with Crippen molar-refractivity contribution in [3.8, 4) is 0 Å². The van der Waals surface area contributed by atoms with E-state index in [0.29, 0.717) is 0 Å². The van der Waals surface area contributed by atoms with Crippen LogP contribution in [0.1, 0.15) is 14.9 Å². The van der Waals surface area contributed by atoms with Crippen molar-refractivity contribution >= 4 is 19.6 Å². The van der Waals surface area contributed by atoms with E-state index in [1.807, 2.05) is 0 Å². The van der Waals surface area contributed by atoms with E-state index in [9.17, 15) is 0 Å². The Morgan fingerprint density at radius 2 is 1.00 bits per heavy atom. The van der Waals surface area contributed by atoms with E-state index in [-0.39, 0.29) is 29.8 Å². The second kappa shape index (κ2) is 19.3. The molecule has 0 radical (unpaired) electrons. The molecule has 0 bridgehead atoms. The van der Waals surface area contributed by atoms with Gasteiger partial charge in [-0.25, -0.2) is 0 Å². The third-order valence-electron chi connectivity index (χ3n) is 0. The van der Waals surface area contributed by atoms with Gasteiger partial charge in [-0.2, -0.15) is 0 Å². The van der Waals surface area contributed by atoms with Gasteiger partial charge in [0.05, 0.1) is 0 Å². The quantitative estimate of drug-likeness (QED) is 0.541. The van der Waals surface area contributed by atoms with Gasteiger partial charge < -0.3 is 0 Å². The fraction of sp³-hybridized carbons (Fsp3) is 1.00. The van der Waals surface area contributed by atoms with E-state index in [4.69, 9.17) is 0 Å². The fourth-order valence-corrected chi connectivity index (χ4v) is 0. The van der Waals surface area contributed by atoms with Crippen LogP contribution in [-0.2, 0) is 14.9 Å². The molecule has 0 nitrogen and oxygen atoms in total. The van der Waals surface area contributed by atoms with E-state index < -0.39 is 0 Å². The second-order valence-electron chi connectivity index (χ2n) is 0.0680. The van der Waals surface area contributed by atoms with E-state index in [1.165, 1.54) is 0 Å². The van der Waals surface area contributed by atoms with Gasteiger partial charge >= 0.3 is 34.6 Å². The van der Waals surface area contributed by atoms with Crippen LogP contribution in [0.2, 0.25) is 0 Å². The zero-order chi connectivity index (χ0) is 2.71. The van der Waals surface area contributed by atoms with Crippen molar-refractivity contribution in [2.75, 3.05) is 0 Å². The third kappa shape index (κ3) is 39.4. The summed E-state index contributed by atoms with van der Waals surface area (Å²) >= 11 is -0.363. The van der Waals surface area contributed by atoms with Gasteiger partial charge in [-0.05, 0) is 0 Å². The van der Waals surface area contributed by atoms with Crippen LogP contribution >= 0.6 is 19.6 Å². The average molecular weight is 192 g/mol. The molecule has 0 aliphatic carbocycles. The minimum absolute atomic E-state index is 0. The maximum atomic E-state index is 4.34. The monoisotopic (exact) mass is 194 g/mol. The van der Waals surface area contributed by atoms with Crippen molar-refractivity contribution in [2.45, 2.75) is 14.9 Å². The van der Waals surface area contributed by atoms with Gasteiger partial charge in [0.15, 0.2) is 0 Å².